The number of nitrogens with zero attached hydrogens (tertiary/aromatic N) is 2. The van der Waals surface area contributed by atoms with E-state index in [4.69, 9.17) is 9.47 Å². The Labute approximate surface area is 274 Å². The van der Waals surface area contributed by atoms with Gasteiger partial charge in [0, 0.05) is 37.5 Å². The normalized spacial score (nSPS) is 27.1. The number of carbonyl (C=O) groups is 4. The highest BCUT2D eigenvalue weighted by atomic mass is 79.9. The molecule has 0 aliphatic carbocycles. The number of ether oxygens (including phenoxy) is 2. The van der Waals surface area contributed by atoms with Gasteiger partial charge in [-0.2, -0.15) is 0 Å². The molecule has 0 aromatic heterocycles. The van der Waals surface area contributed by atoms with E-state index < -0.39 is 47.5 Å². The van der Waals surface area contributed by atoms with Crippen LogP contribution in [0.3, 0.4) is 0 Å². The number of carbonyl (C=O) groups excluding carboxylic acids is 4. The Morgan fingerprint density at radius 3 is 2.64 bits per heavy atom. The number of aliphatic hydroxyl groups excluding tert-OH is 1. The maximum absolute atomic E-state index is 14.3. The second-order valence-electron chi connectivity index (χ2n) is 12.0. The average Bonchev–Trinajstić information content (AvgIpc) is 3.63. The van der Waals surface area contributed by atoms with Crippen LogP contribution in [0.4, 0.5) is 0 Å². The van der Waals surface area contributed by atoms with Gasteiger partial charge in [0.1, 0.15) is 18.2 Å². The van der Waals surface area contributed by atoms with Gasteiger partial charge in [-0.15, -0.1) is 13.2 Å². The van der Waals surface area contributed by atoms with Gasteiger partial charge in [0.15, 0.2) is 0 Å². The Morgan fingerprint density at radius 2 is 1.98 bits per heavy atom. The SMILES string of the molecule is C=CCCC(=O)OC[C@H](NC(=O)[C@H]1[C@@H]2O[C@@]3(CC2Br)[C@@H]1C(=O)N(CCCCO)[C@@H]3C(=O)N(CC=C)CCCC)c1ccccc1. The van der Waals surface area contributed by atoms with E-state index in [1.165, 1.54) is 0 Å². The molecule has 0 radical (unpaired) electrons. The van der Waals surface area contributed by atoms with Gasteiger partial charge >= 0.3 is 5.97 Å². The van der Waals surface area contributed by atoms with E-state index in [9.17, 15) is 24.3 Å². The summed E-state index contributed by atoms with van der Waals surface area (Å²) in [7, 11) is 0. The molecule has 2 bridgehead atoms. The van der Waals surface area contributed by atoms with Gasteiger partial charge < -0.3 is 29.7 Å². The molecule has 7 atom stereocenters. The smallest absolute Gasteiger partial charge is 0.306 e. The first-order chi connectivity index (χ1) is 21.7. The summed E-state index contributed by atoms with van der Waals surface area (Å²) in [5.74, 6) is -3.00. The first-order valence-electron chi connectivity index (χ1n) is 16.0. The zero-order valence-electron chi connectivity index (χ0n) is 26.1. The predicted molar refractivity (Wildman–Crippen MR) is 173 cm³/mol. The second kappa shape index (κ2) is 16.0. The van der Waals surface area contributed by atoms with E-state index in [0.717, 1.165) is 18.4 Å². The number of halogens is 1. The van der Waals surface area contributed by atoms with Crippen LogP contribution in [0.15, 0.2) is 55.6 Å². The molecule has 1 unspecified atom stereocenters. The van der Waals surface area contributed by atoms with Gasteiger partial charge in [-0.25, -0.2) is 0 Å². The standard InChI is InChI=1S/C34H46BrN3O7/c1-4-7-16-26(40)44-22-25(23-14-10-9-11-15-23)36-31(41)27-28-32(42)38(19-12-13-20-39)30(34(28)21-24(35)29(27)45-34)33(43)37(17-6-3)18-8-5-2/h4,6,9-11,14-15,24-25,27-30,39H,1,3,5,7-8,12-13,16-22H2,2H3,(H,36,41)/t24?,25-,27+,28-,29+,30+,34-/m0/s1. The zero-order chi connectivity index (χ0) is 32.6. The lowest BCUT2D eigenvalue weighted by molar-refractivity contribution is -0.148. The maximum Gasteiger partial charge on any atom is 0.306 e. The van der Waals surface area contributed by atoms with Crippen LogP contribution < -0.4 is 5.32 Å². The van der Waals surface area contributed by atoms with Gasteiger partial charge in [-0.05, 0) is 37.7 Å². The van der Waals surface area contributed by atoms with Crippen LogP contribution in [0.2, 0.25) is 0 Å². The molecule has 1 aromatic rings. The van der Waals surface area contributed by atoms with Crippen molar-refractivity contribution in [3.63, 3.8) is 0 Å². The number of nitrogens with one attached hydrogen (secondary N) is 1. The van der Waals surface area contributed by atoms with E-state index >= 15 is 0 Å². The topological polar surface area (TPSA) is 125 Å². The van der Waals surface area contributed by atoms with Gasteiger partial charge in [0.05, 0.1) is 24.0 Å². The minimum Gasteiger partial charge on any atom is -0.463 e. The van der Waals surface area contributed by atoms with Crippen LogP contribution in [0.25, 0.3) is 0 Å². The van der Waals surface area contributed by atoms with E-state index in [-0.39, 0.29) is 42.8 Å². The van der Waals surface area contributed by atoms with Crippen molar-refractivity contribution in [1.29, 1.82) is 0 Å². The first-order valence-corrected chi connectivity index (χ1v) is 16.9. The molecule has 3 aliphatic rings. The number of amides is 3. The summed E-state index contributed by atoms with van der Waals surface area (Å²) in [4.78, 5) is 58.2. The number of hydrogen-bond acceptors (Lipinski definition) is 7. The fraction of sp³-hybridized carbons (Fsp3) is 0.588. The van der Waals surface area contributed by atoms with Crippen LogP contribution in [-0.4, -0.2) is 94.0 Å². The lowest BCUT2D eigenvalue weighted by Crippen LogP contribution is -2.57. The fourth-order valence-corrected chi connectivity index (χ4v) is 7.90. The third-order valence-electron chi connectivity index (χ3n) is 9.06. The molecular formula is C34H46BrN3O7. The van der Waals surface area contributed by atoms with E-state index in [0.29, 0.717) is 38.8 Å². The summed E-state index contributed by atoms with van der Waals surface area (Å²) < 4.78 is 12.2. The molecule has 246 valence electrons. The van der Waals surface area contributed by atoms with Crippen molar-refractivity contribution in [1.82, 2.24) is 15.1 Å². The molecule has 2 N–H and O–H groups in total. The van der Waals surface area contributed by atoms with Crippen molar-refractivity contribution in [3.05, 3.63) is 61.2 Å². The summed E-state index contributed by atoms with van der Waals surface area (Å²) in [5.41, 5.74) is -0.428. The number of benzene rings is 1. The van der Waals surface area contributed by atoms with Crippen LogP contribution in [0, 0.1) is 11.8 Å². The largest absolute Gasteiger partial charge is 0.463 e. The average molecular weight is 689 g/mol. The number of unbranched alkanes of at least 4 members (excludes halogenated alkanes) is 2. The molecule has 45 heavy (non-hydrogen) atoms. The Hall–Kier alpha value is -3.02. The van der Waals surface area contributed by atoms with E-state index in [1.807, 2.05) is 30.3 Å². The summed E-state index contributed by atoms with van der Waals surface area (Å²) >= 11 is 3.72. The van der Waals surface area contributed by atoms with Crippen molar-refractivity contribution in [3.8, 4) is 0 Å². The fourth-order valence-electron chi connectivity index (χ4n) is 6.96. The van der Waals surface area contributed by atoms with Gasteiger partial charge in [0.25, 0.3) is 0 Å². The van der Waals surface area contributed by atoms with Crippen LogP contribution in [-0.2, 0) is 28.7 Å². The van der Waals surface area contributed by atoms with Crippen molar-refractivity contribution in [2.75, 3.05) is 32.8 Å². The van der Waals surface area contributed by atoms with Crippen molar-refractivity contribution >= 4 is 39.6 Å². The summed E-state index contributed by atoms with van der Waals surface area (Å²) in [6.07, 6.45) is 6.47. The van der Waals surface area contributed by atoms with Crippen LogP contribution in [0.1, 0.15) is 63.5 Å². The second-order valence-corrected chi connectivity index (χ2v) is 13.2. The number of likely N-dealkylation sites (tertiary alicyclic amines) is 1. The maximum atomic E-state index is 14.3. The number of allylic oxidation sites excluding steroid dienone is 1. The van der Waals surface area contributed by atoms with E-state index in [2.05, 4.69) is 41.3 Å². The predicted octanol–water partition coefficient (Wildman–Crippen LogP) is 3.69. The summed E-state index contributed by atoms with van der Waals surface area (Å²) in [6.45, 7) is 10.6. The van der Waals surface area contributed by atoms with Crippen LogP contribution >= 0.6 is 15.9 Å². The molecule has 3 heterocycles. The Balaban J connectivity index is 1.64. The first kappa shape index (κ1) is 34.8. The number of esters is 1. The number of hydrogen-bond donors (Lipinski definition) is 2. The molecule has 3 fully saturated rings. The molecule has 3 aliphatic heterocycles. The number of alkyl halides is 1. The molecule has 3 amide bonds. The zero-order valence-corrected chi connectivity index (χ0v) is 27.7. The molecule has 0 saturated carbocycles. The van der Waals surface area contributed by atoms with Crippen molar-refractivity contribution in [2.45, 2.75) is 80.5 Å². The minimum atomic E-state index is -1.18. The van der Waals surface area contributed by atoms with Gasteiger partial charge in [-0.1, -0.05) is 71.8 Å². The summed E-state index contributed by atoms with van der Waals surface area (Å²) in [6, 6.07) is 7.68. The molecule has 10 nitrogen and oxygen atoms in total. The molecule has 1 spiro atoms. The van der Waals surface area contributed by atoms with Crippen molar-refractivity contribution in [2.24, 2.45) is 11.8 Å². The quantitative estimate of drug-likeness (QED) is 0.104. The Kier molecular flexibility index (Phi) is 12.4. The molecule has 1 aromatic carbocycles. The lowest BCUT2D eigenvalue weighted by Gasteiger charge is -2.37. The molecule has 4 rings (SSSR count). The minimum absolute atomic E-state index is 0.0274. The summed E-state index contributed by atoms with van der Waals surface area (Å²) in [5, 5.41) is 12.5. The Morgan fingerprint density at radius 1 is 1.22 bits per heavy atom. The third kappa shape index (κ3) is 7.36. The Bertz CT molecular complexity index is 1230. The lowest BCUT2D eigenvalue weighted by atomic mass is 9.70. The van der Waals surface area contributed by atoms with Crippen LogP contribution in [0.5, 0.6) is 0 Å². The molecule has 3 saturated heterocycles. The molecule has 11 heteroatoms. The third-order valence-corrected chi connectivity index (χ3v) is 9.90. The number of fused-ring (bicyclic) bond motifs is 1. The highest BCUT2D eigenvalue weighted by Gasteiger charge is 2.76. The number of rotatable bonds is 18. The highest BCUT2D eigenvalue weighted by Crippen LogP contribution is 2.60. The monoisotopic (exact) mass is 687 g/mol. The van der Waals surface area contributed by atoms with Gasteiger partial charge in [-0.3, -0.25) is 19.2 Å². The molecular weight excluding hydrogens is 642 g/mol. The van der Waals surface area contributed by atoms with Gasteiger partial charge in [0.2, 0.25) is 17.7 Å². The van der Waals surface area contributed by atoms with E-state index in [1.54, 1.807) is 22.0 Å². The van der Waals surface area contributed by atoms with Crippen molar-refractivity contribution < 1.29 is 33.8 Å². The highest BCUT2D eigenvalue weighted by molar-refractivity contribution is 9.09. The number of aliphatic hydroxyl groups is 1.